The molecule has 148 valence electrons. The van der Waals surface area contributed by atoms with Crippen molar-refractivity contribution in [2.24, 2.45) is 0 Å². The number of nitrogens with one attached hydrogen (secondary N) is 1. The second kappa shape index (κ2) is 6.40. The Balaban J connectivity index is 1.65. The first kappa shape index (κ1) is 17.8. The molecule has 5 rings (SSSR count). The van der Waals surface area contributed by atoms with Crippen LogP contribution in [0.25, 0.3) is 16.7 Å². The lowest BCUT2D eigenvalue weighted by molar-refractivity contribution is 0.465. The molecule has 1 aromatic carbocycles. The Kier molecular flexibility index (Phi) is 3.94. The molecule has 0 unspecified atom stereocenters. The van der Waals surface area contributed by atoms with E-state index in [1.54, 1.807) is 17.2 Å². The number of aromatic nitrogens is 6. The van der Waals surface area contributed by atoms with E-state index in [0.717, 1.165) is 53.3 Å². The van der Waals surface area contributed by atoms with E-state index in [4.69, 9.17) is 4.98 Å². The average Bonchev–Trinajstić information content (AvgIpc) is 3.42. The molecule has 0 bridgehead atoms. The number of fused-ring (bicyclic) bond motifs is 1. The van der Waals surface area contributed by atoms with Crippen molar-refractivity contribution < 1.29 is 0 Å². The van der Waals surface area contributed by atoms with Crippen LogP contribution in [0, 0.1) is 20.8 Å². The van der Waals surface area contributed by atoms with E-state index in [1.165, 1.54) is 11.1 Å². The van der Waals surface area contributed by atoms with Crippen LogP contribution in [0.2, 0.25) is 0 Å². The largest absolute Gasteiger partial charge is 0.357 e. The SMILES string of the molecule is Cc1cc(N2CCC[C@@]2(C)c2nc3cc(C)c(C)cc3[nH]2)c(-n2nccn2)cn1. The van der Waals surface area contributed by atoms with Crippen LogP contribution in [0.3, 0.4) is 0 Å². The average molecular weight is 387 g/mol. The van der Waals surface area contributed by atoms with Gasteiger partial charge in [-0.2, -0.15) is 10.2 Å². The van der Waals surface area contributed by atoms with Crippen molar-refractivity contribution in [3.63, 3.8) is 0 Å². The molecular weight excluding hydrogens is 362 g/mol. The zero-order valence-corrected chi connectivity index (χ0v) is 17.3. The topological polar surface area (TPSA) is 75.5 Å². The third-order valence-electron chi connectivity index (χ3n) is 6.17. The van der Waals surface area contributed by atoms with E-state index < -0.39 is 0 Å². The smallest absolute Gasteiger partial charge is 0.132 e. The van der Waals surface area contributed by atoms with Gasteiger partial charge >= 0.3 is 0 Å². The maximum atomic E-state index is 5.01. The van der Waals surface area contributed by atoms with Gasteiger partial charge in [0.05, 0.1) is 40.9 Å². The van der Waals surface area contributed by atoms with E-state index in [0.29, 0.717) is 0 Å². The highest BCUT2D eigenvalue weighted by Crippen LogP contribution is 2.43. The predicted molar refractivity (Wildman–Crippen MR) is 113 cm³/mol. The molecular formula is C22H25N7. The molecule has 4 heterocycles. The Labute approximate surface area is 169 Å². The molecule has 1 fully saturated rings. The zero-order valence-electron chi connectivity index (χ0n) is 17.3. The number of benzene rings is 1. The molecule has 4 aromatic rings. The van der Waals surface area contributed by atoms with Crippen molar-refractivity contribution in [3.8, 4) is 5.69 Å². The van der Waals surface area contributed by atoms with Gasteiger partial charge in [0.2, 0.25) is 0 Å². The summed E-state index contributed by atoms with van der Waals surface area (Å²) in [5.74, 6) is 1.00. The molecule has 0 spiro atoms. The molecule has 7 heteroatoms. The number of hydrogen-bond donors (Lipinski definition) is 1. The lowest BCUT2D eigenvalue weighted by Gasteiger charge is -2.36. The maximum Gasteiger partial charge on any atom is 0.132 e. The Bertz CT molecular complexity index is 1150. The van der Waals surface area contributed by atoms with Crippen LogP contribution in [0.1, 0.15) is 42.4 Å². The molecule has 0 amide bonds. The summed E-state index contributed by atoms with van der Waals surface area (Å²) < 4.78 is 0. The molecule has 7 nitrogen and oxygen atoms in total. The lowest BCUT2D eigenvalue weighted by Crippen LogP contribution is -2.40. The second-order valence-electron chi connectivity index (χ2n) is 8.20. The predicted octanol–water partition coefficient (Wildman–Crippen LogP) is 3.98. The molecule has 0 aliphatic carbocycles. The van der Waals surface area contributed by atoms with E-state index in [1.807, 2.05) is 13.1 Å². The first-order valence-electron chi connectivity index (χ1n) is 10.0. The second-order valence-corrected chi connectivity index (χ2v) is 8.20. The maximum absolute atomic E-state index is 5.01. The number of anilines is 1. The normalized spacial score (nSPS) is 19.4. The van der Waals surface area contributed by atoms with Gasteiger partial charge in [0, 0.05) is 12.2 Å². The fourth-order valence-corrected chi connectivity index (χ4v) is 4.37. The van der Waals surface area contributed by atoms with Crippen molar-refractivity contribution in [1.29, 1.82) is 0 Å². The summed E-state index contributed by atoms with van der Waals surface area (Å²) in [5, 5.41) is 8.68. The first-order chi connectivity index (χ1) is 14.0. The fourth-order valence-electron chi connectivity index (χ4n) is 4.37. The van der Waals surface area contributed by atoms with E-state index in [9.17, 15) is 0 Å². The highest BCUT2D eigenvalue weighted by Gasteiger charge is 2.42. The molecule has 1 aliphatic rings. The zero-order chi connectivity index (χ0) is 20.2. The molecule has 1 aliphatic heterocycles. The third kappa shape index (κ3) is 2.80. The molecule has 1 saturated heterocycles. The van der Waals surface area contributed by atoms with Gasteiger partial charge in [-0.15, -0.1) is 4.80 Å². The number of hydrogen-bond acceptors (Lipinski definition) is 5. The van der Waals surface area contributed by atoms with Crippen LogP contribution < -0.4 is 4.90 Å². The quantitative estimate of drug-likeness (QED) is 0.575. The minimum Gasteiger partial charge on any atom is -0.357 e. The number of rotatable bonds is 3. The molecule has 0 saturated carbocycles. The molecule has 0 radical (unpaired) electrons. The summed E-state index contributed by atoms with van der Waals surface area (Å²) in [6, 6.07) is 6.49. The molecule has 1 N–H and O–H groups in total. The van der Waals surface area contributed by atoms with Crippen LogP contribution in [0.4, 0.5) is 5.69 Å². The van der Waals surface area contributed by atoms with Gasteiger partial charge in [-0.1, -0.05) is 0 Å². The van der Waals surface area contributed by atoms with Crippen molar-refractivity contribution in [2.45, 2.75) is 46.1 Å². The first-order valence-corrected chi connectivity index (χ1v) is 10.0. The van der Waals surface area contributed by atoms with Crippen molar-refractivity contribution in [1.82, 2.24) is 29.9 Å². The molecule has 1 atom stereocenters. The minimum atomic E-state index is -0.240. The van der Waals surface area contributed by atoms with Crippen molar-refractivity contribution in [3.05, 3.63) is 59.4 Å². The Morgan fingerprint density at radius 3 is 2.55 bits per heavy atom. The number of aryl methyl sites for hydroxylation is 3. The van der Waals surface area contributed by atoms with Crippen LogP contribution in [0.5, 0.6) is 0 Å². The van der Waals surface area contributed by atoms with E-state index in [2.05, 4.69) is 64.0 Å². The summed E-state index contributed by atoms with van der Waals surface area (Å²) in [6.45, 7) is 9.51. The van der Waals surface area contributed by atoms with Crippen molar-refractivity contribution in [2.75, 3.05) is 11.4 Å². The Morgan fingerprint density at radius 2 is 1.76 bits per heavy atom. The number of pyridine rings is 1. The van der Waals surface area contributed by atoms with Crippen LogP contribution in [-0.4, -0.2) is 36.5 Å². The van der Waals surface area contributed by atoms with Crippen LogP contribution in [0.15, 0.2) is 36.8 Å². The highest BCUT2D eigenvalue weighted by molar-refractivity contribution is 5.77. The molecule has 29 heavy (non-hydrogen) atoms. The third-order valence-corrected chi connectivity index (χ3v) is 6.17. The van der Waals surface area contributed by atoms with Gasteiger partial charge in [-0.25, -0.2) is 4.98 Å². The van der Waals surface area contributed by atoms with Crippen LogP contribution in [-0.2, 0) is 5.54 Å². The van der Waals surface area contributed by atoms with E-state index >= 15 is 0 Å². The standard InChI is InChI=1S/C22H25N7/c1-14-10-17-18(11-15(14)2)27-21(26-17)22(4)6-5-9-28(22)19-12-16(3)23-13-20(19)29-24-7-8-25-29/h7-8,10-13H,5-6,9H2,1-4H3,(H,26,27)/t22-/m0/s1. The highest BCUT2D eigenvalue weighted by atomic mass is 15.5. The van der Waals surface area contributed by atoms with Crippen molar-refractivity contribution >= 4 is 16.7 Å². The van der Waals surface area contributed by atoms with Gasteiger partial charge in [0.15, 0.2) is 0 Å². The fraction of sp³-hybridized carbons (Fsp3) is 0.364. The minimum absolute atomic E-state index is 0.240. The Morgan fingerprint density at radius 1 is 1.00 bits per heavy atom. The summed E-state index contributed by atoms with van der Waals surface area (Å²) in [7, 11) is 0. The lowest BCUT2D eigenvalue weighted by atomic mass is 9.97. The number of nitrogens with zero attached hydrogens (tertiary/aromatic N) is 6. The van der Waals surface area contributed by atoms with Gasteiger partial charge in [-0.3, -0.25) is 4.98 Å². The Hall–Kier alpha value is -3.22. The summed E-state index contributed by atoms with van der Waals surface area (Å²) in [4.78, 5) is 17.2. The summed E-state index contributed by atoms with van der Waals surface area (Å²) in [6.07, 6.45) is 7.36. The number of imidazole rings is 1. The van der Waals surface area contributed by atoms with Crippen LogP contribution >= 0.6 is 0 Å². The monoisotopic (exact) mass is 387 g/mol. The van der Waals surface area contributed by atoms with Gasteiger partial charge in [0.25, 0.3) is 0 Å². The number of aromatic amines is 1. The molecule has 3 aromatic heterocycles. The van der Waals surface area contributed by atoms with Gasteiger partial charge in [0.1, 0.15) is 11.5 Å². The summed E-state index contributed by atoms with van der Waals surface area (Å²) in [5.41, 5.74) is 7.36. The number of H-pyrrole nitrogens is 1. The summed E-state index contributed by atoms with van der Waals surface area (Å²) >= 11 is 0. The van der Waals surface area contributed by atoms with Gasteiger partial charge in [-0.05, 0) is 69.9 Å². The van der Waals surface area contributed by atoms with Gasteiger partial charge < -0.3 is 9.88 Å². The van der Waals surface area contributed by atoms with E-state index in [-0.39, 0.29) is 5.54 Å².